The Morgan fingerprint density at radius 1 is 1.23 bits per heavy atom. The Labute approximate surface area is 92.6 Å². The maximum atomic E-state index is 10.7. The number of sulfone groups is 1. The van der Waals surface area contributed by atoms with E-state index in [1.54, 1.807) is 0 Å². The molecule has 84 valence electrons. The van der Waals surface area contributed by atoms with Gasteiger partial charge in [-0.05, 0) is 7.05 Å². The van der Waals surface area contributed by atoms with Gasteiger partial charge in [-0.25, -0.2) is 8.42 Å². The molecule has 0 radical (unpaired) electrons. The molecular formula is C6H18Cl2N2O2S. The zero-order chi connectivity index (χ0) is 8.91. The second-order valence-corrected chi connectivity index (χ2v) is 4.98. The molecule has 0 bridgehead atoms. The summed E-state index contributed by atoms with van der Waals surface area (Å²) in [5.74, 6) is 0.212. The van der Waals surface area contributed by atoms with Crippen LogP contribution < -0.4 is 5.73 Å². The summed E-state index contributed by atoms with van der Waals surface area (Å²) in [6, 6.07) is 0. The van der Waals surface area contributed by atoms with Crippen molar-refractivity contribution in [3.63, 3.8) is 0 Å². The number of nitrogens with zero attached hydrogens (tertiary/aromatic N) is 1. The molecule has 4 nitrogen and oxygen atoms in total. The molecule has 0 fully saturated rings. The van der Waals surface area contributed by atoms with Crippen LogP contribution in [0.2, 0.25) is 0 Å². The molecule has 0 unspecified atom stereocenters. The Bertz CT molecular complexity index is 197. The fourth-order valence-electron chi connectivity index (χ4n) is 0.654. The van der Waals surface area contributed by atoms with E-state index in [1.165, 1.54) is 6.26 Å². The zero-order valence-corrected chi connectivity index (χ0v) is 10.3. The Kier molecular flexibility index (Phi) is 13.3. The highest BCUT2D eigenvalue weighted by Crippen LogP contribution is 1.86. The lowest BCUT2D eigenvalue weighted by Gasteiger charge is -2.13. The van der Waals surface area contributed by atoms with Gasteiger partial charge in [-0.15, -0.1) is 24.8 Å². The minimum Gasteiger partial charge on any atom is -0.329 e. The molecule has 0 heterocycles. The van der Waals surface area contributed by atoms with E-state index in [0.717, 1.165) is 6.54 Å². The summed E-state index contributed by atoms with van der Waals surface area (Å²) in [7, 11) is -0.961. The molecule has 2 N–H and O–H groups in total. The summed E-state index contributed by atoms with van der Waals surface area (Å²) < 4.78 is 21.4. The summed E-state index contributed by atoms with van der Waals surface area (Å²) in [5.41, 5.74) is 5.28. The third-order valence-corrected chi connectivity index (χ3v) is 2.28. The van der Waals surface area contributed by atoms with Gasteiger partial charge in [0.25, 0.3) is 0 Å². The van der Waals surface area contributed by atoms with Gasteiger partial charge in [0.15, 0.2) is 0 Å². The molecule has 0 aliphatic heterocycles. The van der Waals surface area contributed by atoms with Crippen molar-refractivity contribution in [2.75, 3.05) is 38.7 Å². The smallest absolute Gasteiger partial charge is 0.148 e. The number of halogens is 2. The number of hydrogen-bond donors (Lipinski definition) is 1. The largest absolute Gasteiger partial charge is 0.329 e. The van der Waals surface area contributed by atoms with Gasteiger partial charge >= 0.3 is 0 Å². The maximum Gasteiger partial charge on any atom is 0.148 e. The van der Waals surface area contributed by atoms with Crippen LogP contribution in [0.15, 0.2) is 0 Å². The van der Waals surface area contributed by atoms with Crippen molar-refractivity contribution >= 4 is 34.7 Å². The fourth-order valence-corrected chi connectivity index (χ4v) is 1.30. The van der Waals surface area contributed by atoms with Crippen LogP contribution in [0.5, 0.6) is 0 Å². The minimum absolute atomic E-state index is 0. The van der Waals surface area contributed by atoms with Crippen LogP contribution in [0.3, 0.4) is 0 Å². The number of likely N-dealkylation sites (N-methyl/N-ethyl adjacent to an activating group) is 1. The summed E-state index contributed by atoms with van der Waals surface area (Å²) in [6.45, 7) is 1.88. The van der Waals surface area contributed by atoms with E-state index >= 15 is 0 Å². The second kappa shape index (κ2) is 9.02. The maximum absolute atomic E-state index is 10.7. The van der Waals surface area contributed by atoms with E-state index in [9.17, 15) is 8.42 Å². The van der Waals surface area contributed by atoms with Gasteiger partial charge in [0, 0.05) is 25.9 Å². The van der Waals surface area contributed by atoms with Crippen molar-refractivity contribution in [3.05, 3.63) is 0 Å². The van der Waals surface area contributed by atoms with Crippen molar-refractivity contribution in [2.45, 2.75) is 0 Å². The molecule has 0 saturated heterocycles. The van der Waals surface area contributed by atoms with Crippen LogP contribution in [0.1, 0.15) is 0 Å². The summed E-state index contributed by atoms with van der Waals surface area (Å²) in [5, 5.41) is 0. The van der Waals surface area contributed by atoms with Gasteiger partial charge in [0.2, 0.25) is 0 Å². The molecule has 7 heteroatoms. The average Bonchev–Trinajstić information content (AvgIpc) is 1.83. The minimum atomic E-state index is -2.82. The van der Waals surface area contributed by atoms with Crippen LogP contribution >= 0.6 is 24.8 Å². The van der Waals surface area contributed by atoms with E-state index in [-0.39, 0.29) is 30.6 Å². The van der Waals surface area contributed by atoms with Crippen LogP contribution in [-0.2, 0) is 9.84 Å². The number of nitrogens with two attached hydrogens (primary N) is 1. The first kappa shape index (κ1) is 19.1. The normalized spacial score (nSPS) is 10.5. The lowest BCUT2D eigenvalue weighted by atomic mass is 10.5. The van der Waals surface area contributed by atoms with E-state index < -0.39 is 9.84 Å². The Morgan fingerprint density at radius 3 is 2.00 bits per heavy atom. The lowest BCUT2D eigenvalue weighted by Crippen LogP contribution is -2.29. The van der Waals surface area contributed by atoms with Crippen LogP contribution in [0, 0.1) is 0 Å². The van der Waals surface area contributed by atoms with Crippen LogP contribution in [0.25, 0.3) is 0 Å². The predicted octanol–water partition coefficient (Wildman–Crippen LogP) is -0.235. The van der Waals surface area contributed by atoms with Crippen LogP contribution in [0.4, 0.5) is 0 Å². The first-order chi connectivity index (χ1) is 4.95. The van der Waals surface area contributed by atoms with Crippen molar-refractivity contribution in [3.8, 4) is 0 Å². The molecule has 0 aromatic carbocycles. The van der Waals surface area contributed by atoms with E-state index in [0.29, 0.717) is 13.1 Å². The molecule has 13 heavy (non-hydrogen) atoms. The highest BCUT2D eigenvalue weighted by Gasteiger charge is 2.03. The molecule has 0 aliphatic rings. The van der Waals surface area contributed by atoms with Crippen molar-refractivity contribution < 1.29 is 8.42 Å². The Hall–Kier alpha value is 0.450. The molecule has 0 atom stereocenters. The van der Waals surface area contributed by atoms with Crippen LogP contribution in [-0.4, -0.2) is 52.0 Å². The molecule has 0 aromatic rings. The molecule has 0 spiro atoms. The quantitative estimate of drug-likeness (QED) is 0.734. The van der Waals surface area contributed by atoms with Gasteiger partial charge in [-0.2, -0.15) is 0 Å². The number of rotatable bonds is 5. The number of hydrogen-bond acceptors (Lipinski definition) is 4. The van der Waals surface area contributed by atoms with Gasteiger partial charge < -0.3 is 10.6 Å². The highest BCUT2D eigenvalue weighted by molar-refractivity contribution is 7.90. The highest BCUT2D eigenvalue weighted by atomic mass is 35.5. The molecule has 0 amide bonds. The van der Waals surface area contributed by atoms with E-state index in [1.807, 2.05) is 11.9 Å². The summed E-state index contributed by atoms with van der Waals surface area (Å²) in [6.07, 6.45) is 1.24. The third-order valence-electron chi connectivity index (χ3n) is 1.35. The van der Waals surface area contributed by atoms with Crippen molar-refractivity contribution in [1.82, 2.24) is 4.90 Å². The molecule has 0 aliphatic carbocycles. The first-order valence-corrected chi connectivity index (χ1v) is 5.58. The topological polar surface area (TPSA) is 63.4 Å². The SMILES string of the molecule is CN(CCN)CCS(C)(=O)=O.Cl.Cl. The first-order valence-electron chi connectivity index (χ1n) is 3.52. The predicted molar refractivity (Wildman–Crippen MR) is 60.8 cm³/mol. The van der Waals surface area contributed by atoms with E-state index in [2.05, 4.69) is 0 Å². The van der Waals surface area contributed by atoms with Gasteiger partial charge in [0.05, 0.1) is 5.75 Å². The lowest BCUT2D eigenvalue weighted by molar-refractivity contribution is 0.363. The Balaban J connectivity index is -0.000000500. The second-order valence-electron chi connectivity index (χ2n) is 2.72. The molecule has 0 saturated carbocycles. The fraction of sp³-hybridized carbons (Fsp3) is 1.00. The molecule has 0 rings (SSSR count). The monoisotopic (exact) mass is 252 g/mol. The Morgan fingerprint density at radius 2 is 1.69 bits per heavy atom. The standard InChI is InChI=1S/C6H16N2O2S.2ClH/c1-8(4-3-7)5-6-11(2,9)10;;/h3-7H2,1-2H3;2*1H. The summed E-state index contributed by atoms with van der Waals surface area (Å²) >= 11 is 0. The summed E-state index contributed by atoms with van der Waals surface area (Å²) in [4.78, 5) is 1.90. The van der Waals surface area contributed by atoms with Gasteiger partial charge in [0.1, 0.15) is 9.84 Å². The average molecular weight is 253 g/mol. The zero-order valence-electron chi connectivity index (χ0n) is 7.89. The molecular weight excluding hydrogens is 235 g/mol. The van der Waals surface area contributed by atoms with E-state index in [4.69, 9.17) is 5.73 Å². The third kappa shape index (κ3) is 15.2. The van der Waals surface area contributed by atoms with Crippen molar-refractivity contribution in [2.24, 2.45) is 5.73 Å². The van der Waals surface area contributed by atoms with Gasteiger partial charge in [-0.3, -0.25) is 0 Å². The van der Waals surface area contributed by atoms with Crippen molar-refractivity contribution in [1.29, 1.82) is 0 Å². The molecule has 0 aromatic heterocycles. The van der Waals surface area contributed by atoms with Gasteiger partial charge in [-0.1, -0.05) is 0 Å².